The summed E-state index contributed by atoms with van der Waals surface area (Å²) in [6.45, 7) is 1.71. The van der Waals surface area contributed by atoms with Crippen molar-refractivity contribution < 1.29 is 24.6 Å². The van der Waals surface area contributed by atoms with Crippen LogP contribution in [0.5, 0.6) is 0 Å². The van der Waals surface area contributed by atoms with Crippen LogP contribution in [0.3, 0.4) is 0 Å². The molecule has 5 rings (SSSR count). The third-order valence-corrected chi connectivity index (χ3v) is 5.88. The number of hydrogen-bond donors (Lipinski definition) is 5. The van der Waals surface area contributed by atoms with Gasteiger partial charge in [-0.3, -0.25) is 4.57 Å². The monoisotopic (exact) mass is 482 g/mol. The van der Waals surface area contributed by atoms with Crippen LogP contribution >= 0.6 is 0 Å². The number of anilines is 2. The van der Waals surface area contributed by atoms with Gasteiger partial charge < -0.3 is 35.6 Å². The lowest BCUT2D eigenvalue weighted by atomic mass is 10.1. The van der Waals surface area contributed by atoms with E-state index in [-0.39, 0.29) is 36.0 Å². The van der Waals surface area contributed by atoms with Gasteiger partial charge in [0.25, 0.3) is 5.89 Å². The number of nitrogen functional groups attached to an aromatic ring is 1. The average Bonchev–Trinajstić information content (AvgIpc) is 3.58. The number of benzene rings is 1. The van der Waals surface area contributed by atoms with Crippen molar-refractivity contribution in [3.63, 3.8) is 0 Å². The summed E-state index contributed by atoms with van der Waals surface area (Å²) in [5.74, 6) is 0.832. The normalized spacial score (nSPS) is 23.1. The Balaban J connectivity index is 1.42. The first kappa shape index (κ1) is 23.1. The van der Waals surface area contributed by atoms with Gasteiger partial charge in [-0.25, -0.2) is 4.98 Å². The lowest BCUT2D eigenvalue weighted by molar-refractivity contribution is -0.0451. The molecule has 13 heteroatoms. The standard InChI is InChI=1S/C22H26N8O5/c1-2-13-26-20(35-29-13)17-15(32)16(33)21(34-17)30-10-24-14-18(23)27-22(28-19(14)30)25-12(9-31)8-11-6-4-3-5-7-11/h3-7,10,12,15-17,21,31-33H,2,8-9H2,1H3,(H3,23,25,27,28)/t12-,15-,16+,17-,21+/m0/s1. The third-order valence-electron chi connectivity index (χ3n) is 5.88. The molecule has 4 aromatic rings. The molecular formula is C22H26N8O5. The van der Waals surface area contributed by atoms with Gasteiger partial charge in [-0.15, -0.1) is 0 Å². The molecule has 3 aromatic heterocycles. The maximum absolute atomic E-state index is 10.7. The number of imidazole rings is 1. The van der Waals surface area contributed by atoms with Crippen molar-refractivity contribution in [1.82, 2.24) is 29.7 Å². The fourth-order valence-corrected chi connectivity index (χ4v) is 4.05. The van der Waals surface area contributed by atoms with Crippen molar-refractivity contribution >= 4 is 22.9 Å². The van der Waals surface area contributed by atoms with Crippen molar-refractivity contribution in [2.45, 2.75) is 50.3 Å². The first-order valence-corrected chi connectivity index (χ1v) is 11.2. The van der Waals surface area contributed by atoms with Crippen molar-refractivity contribution in [3.8, 4) is 0 Å². The van der Waals surface area contributed by atoms with E-state index in [1.807, 2.05) is 37.3 Å². The number of aliphatic hydroxyl groups is 3. The SMILES string of the molecule is CCc1noc([C@H]2O[C@@H](n3cnc4c(N)nc(N[C@H](CO)Cc5ccccc5)nc43)[C@H](O)[C@@H]2O)n1. The fourth-order valence-electron chi connectivity index (χ4n) is 4.05. The van der Waals surface area contributed by atoms with Crippen LogP contribution < -0.4 is 11.1 Å². The summed E-state index contributed by atoms with van der Waals surface area (Å²) in [6.07, 6.45) is -2.22. The molecule has 1 fully saturated rings. The number of nitrogens with two attached hydrogens (primary N) is 1. The first-order chi connectivity index (χ1) is 17.0. The number of aliphatic hydroxyl groups excluding tert-OH is 3. The number of nitrogens with one attached hydrogen (secondary N) is 1. The lowest BCUT2D eigenvalue weighted by Gasteiger charge is -2.18. The lowest BCUT2D eigenvalue weighted by Crippen LogP contribution is -2.29. The van der Waals surface area contributed by atoms with Crippen LogP contribution in [0, 0.1) is 0 Å². The summed E-state index contributed by atoms with van der Waals surface area (Å²) in [4.78, 5) is 17.2. The molecule has 0 amide bonds. The quantitative estimate of drug-likeness (QED) is 0.232. The Morgan fingerprint density at radius 3 is 2.66 bits per heavy atom. The van der Waals surface area contributed by atoms with Crippen LogP contribution in [-0.4, -0.2) is 69.8 Å². The highest BCUT2D eigenvalue weighted by Crippen LogP contribution is 2.39. The Morgan fingerprint density at radius 1 is 1.14 bits per heavy atom. The fraction of sp³-hybridized carbons (Fsp3) is 0.409. The van der Waals surface area contributed by atoms with Crippen molar-refractivity contribution in [3.05, 3.63) is 53.9 Å². The highest BCUT2D eigenvalue weighted by molar-refractivity contribution is 5.83. The molecule has 0 spiro atoms. The van der Waals surface area contributed by atoms with E-state index in [4.69, 9.17) is 15.0 Å². The number of aryl methyl sites for hydroxylation is 1. The summed E-state index contributed by atoms with van der Waals surface area (Å²) in [5.41, 5.74) is 7.75. The van der Waals surface area contributed by atoms with Crippen LogP contribution in [0.15, 0.2) is 41.2 Å². The second-order valence-corrected chi connectivity index (χ2v) is 8.30. The van der Waals surface area contributed by atoms with Gasteiger partial charge in [0.1, 0.15) is 17.7 Å². The van der Waals surface area contributed by atoms with Gasteiger partial charge >= 0.3 is 0 Å². The zero-order valence-corrected chi connectivity index (χ0v) is 18.9. The van der Waals surface area contributed by atoms with Crippen LogP contribution in [0.2, 0.25) is 0 Å². The molecule has 184 valence electrons. The van der Waals surface area contributed by atoms with Gasteiger partial charge in [0.15, 0.2) is 29.6 Å². The third kappa shape index (κ3) is 4.41. The first-order valence-electron chi connectivity index (χ1n) is 11.2. The molecule has 1 aromatic carbocycles. The minimum Gasteiger partial charge on any atom is -0.394 e. The van der Waals surface area contributed by atoms with E-state index in [9.17, 15) is 15.3 Å². The number of hydrogen-bond acceptors (Lipinski definition) is 12. The van der Waals surface area contributed by atoms with Crippen molar-refractivity contribution in [1.29, 1.82) is 0 Å². The Kier molecular flexibility index (Phi) is 6.30. The van der Waals surface area contributed by atoms with Crippen LogP contribution in [0.1, 0.15) is 36.5 Å². The van der Waals surface area contributed by atoms with Crippen LogP contribution in [-0.2, 0) is 17.6 Å². The Morgan fingerprint density at radius 2 is 1.94 bits per heavy atom. The van der Waals surface area contributed by atoms with Gasteiger partial charge in [-0.1, -0.05) is 42.4 Å². The van der Waals surface area contributed by atoms with Gasteiger partial charge in [-0.2, -0.15) is 15.0 Å². The minimum absolute atomic E-state index is 0.0727. The van der Waals surface area contributed by atoms with Gasteiger partial charge in [0.05, 0.1) is 19.0 Å². The molecule has 0 radical (unpaired) electrons. The number of fused-ring (bicyclic) bond motifs is 1. The van der Waals surface area contributed by atoms with Crippen molar-refractivity contribution in [2.75, 3.05) is 17.7 Å². The molecule has 0 aliphatic carbocycles. The zero-order chi connectivity index (χ0) is 24.5. The van der Waals surface area contributed by atoms with Crippen LogP contribution in [0.4, 0.5) is 11.8 Å². The highest BCUT2D eigenvalue weighted by Gasteiger charge is 2.47. The molecule has 1 aliphatic rings. The molecular weight excluding hydrogens is 456 g/mol. The molecule has 5 atom stereocenters. The maximum Gasteiger partial charge on any atom is 0.258 e. The Labute approximate surface area is 199 Å². The molecule has 4 heterocycles. The molecule has 35 heavy (non-hydrogen) atoms. The topological polar surface area (TPSA) is 190 Å². The van der Waals surface area contributed by atoms with E-state index in [1.54, 1.807) is 0 Å². The molecule has 0 unspecified atom stereocenters. The predicted octanol–water partition coefficient (Wildman–Crippen LogP) is 0.361. The van der Waals surface area contributed by atoms with E-state index in [1.165, 1.54) is 10.9 Å². The Bertz CT molecular complexity index is 1300. The van der Waals surface area contributed by atoms with Crippen LogP contribution in [0.25, 0.3) is 11.2 Å². The second-order valence-electron chi connectivity index (χ2n) is 8.30. The van der Waals surface area contributed by atoms with E-state index in [2.05, 4.69) is 30.4 Å². The molecule has 13 nitrogen and oxygen atoms in total. The zero-order valence-electron chi connectivity index (χ0n) is 18.9. The molecule has 6 N–H and O–H groups in total. The average molecular weight is 483 g/mol. The number of rotatable bonds is 8. The highest BCUT2D eigenvalue weighted by atomic mass is 16.6. The van der Waals surface area contributed by atoms with Gasteiger partial charge in [-0.05, 0) is 12.0 Å². The largest absolute Gasteiger partial charge is 0.394 e. The Hall–Kier alpha value is -3.65. The van der Waals surface area contributed by atoms with Crippen molar-refractivity contribution in [2.24, 2.45) is 0 Å². The summed E-state index contributed by atoms with van der Waals surface area (Å²) in [5, 5.41) is 38.1. The van der Waals surface area contributed by atoms with E-state index < -0.39 is 24.5 Å². The maximum atomic E-state index is 10.7. The van der Waals surface area contributed by atoms with Gasteiger partial charge in [0.2, 0.25) is 5.95 Å². The predicted molar refractivity (Wildman–Crippen MR) is 123 cm³/mol. The van der Waals surface area contributed by atoms with Gasteiger partial charge in [0, 0.05) is 6.42 Å². The number of nitrogens with zero attached hydrogens (tertiary/aromatic N) is 6. The molecule has 1 aliphatic heterocycles. The minimum atomic E-state index is -1.33. The summed E-state index contributed by atoms with van der Waals surface area (Å²) in [7, 11) is 0. The number of aromatic nitrogens is 6. The number of ether oxygens (including phenoxy) is 1. The van der Waals surface area contributed by atoms with E-state index in [0.717, 1.165) is 5.56 Å². The van der Waals surface area contributed by atoms with E-state index in [0.29, 0.717) is 24.2 Å². The van der Waals surface area contributed by atoms with E-state index >= 15 is 0 Å². The summed E-state index contributed by atoms with van der Waals surface area (Å²) < 4.78 is 12.6. The smallest absolute Gasteiger partial charge is 0.258 e. The molecule has 1 saturated heterocycles. The summed E-state index contributed by atoms with van der Waals surface area (Å²) >= 11 is 0. The summed E-state index contributed by atoms with van der Waals surface area (Å²) in [6, 6.07) is 9.34. The molecule has 0 bridgehead atoms. The second kappa shape index (κ2) is 9.54. The molecule has 0 saturated carbocycles.